The van der Waals surface area contributed by atoms with E-state index in [1.807, 2.05) is 7.05 Å². The molecule has 3 rings (SSSR count). The predicted molar refractivity (Wildman–Crippen MR) is 114 cm³/mol. The number of thiophene rings is 1. The highest BCUT2D eigenvalue weighted by atomic mass is 32.1. The molecular formula is C20H33N5OS. The Morgan fingerprint density at radius 2 is 1.89 bits per heavy atom. The van der Waals surface area contributed by atoms with Gasteiger partial charge in [-0.15, -0.1) is 11.3 Å². The second kappa shape index (κ2) is 10.5. The van der Waals surface area contributed by atoms with Crippen LogP contribution in [0, 0.1) is 5.92 Å². The van der Waals surface area contributed by atoms with Gasteiger partial charge in [-0.25, -0.2) is 0 Å². The Morgan fingerprint density at radius 1 is 1.15 bits per heavy atom. The summed E-state index contributed by atoms with van der Waals surface area (Å²) in [6, 6.07) is 4.29. The van der Waals surface area contributed by atoms with E-state index in [0.717, 1.165) is 32.1 Å². The molecule has 2 heterocycles. The molecule has 2 N–H and O–H groups in total. The van der Waals surface area contributed by atoms with Crippen LogP contribution < -0.4 is 15.5 Å². The summed E-state index contributed by atoms with van der Waals surface area (Å²) >= 11 is 1.80. The van der Waals surface area contributed by atoms with Crippen LogP contribution in [0.1, 0.15) is 38.5 Å². The summed E-state index contributed by atoms with van der Waals surface area (Å²) in [5.41, 5.74) is 0. The van der Waals surface area contributed by atoms with E-state index >= 15 is 0 Å². The van der Waals surface area contributed by atoms with E-state index in [1.54, 1.807) is 11.3 Å². The molecule has 0 radical (unpaired) electrons. The predicted octanol–water partition coefficient (Wildman–Crippen LogP) is 2.53. The van der Waals surface area contributed by atoms with Gasteiger partial charge in [0.15, 0.2) is 5.96 Å². The second-order valence-electron chi connectivity index (χ2n) is 7.46. The molecule has 1 aromatic rings. The van der Waals surface area contributed by atoms with Gasteiger partial charge in [-0.3, -0.25) is 9.79 Å². The van der Waals surface area contributed by atoms with Crippen molar-refractivity contribution < 1.29 is 4.79 Å². The highest BCUT2D eigenvalue weighted by Crippen LogP contribution is 2.26. The third-order valence-corrected chi connectivity index (χ3v) is 6.47. The van der Waals surface area contributed by atoms with Crippen molar-refractivity contribution in [1.82, 2.24) is 15.5 Å². The van der Waals surface area contributed by atoms with Crippen LogP contribution in [0.15, 0.2) is 22.5 Å². The molecule has 150 valence electrons. The Labute approximate surface area is 167 Å². The van der Waals surface area contributed by atoms with E-state index in [2.05, 4.69) is 42.9 Å². The zero-order chi connectivity index (χ0) is 18.9. The highest BCUT2D eigenvalue weighted by molar-refractivity contribution is 7.14. The largest absolute Gasteiger partial charge is 0.360 e. The van der Waals surface area contributed by atoms with Crippen LogP contribution in [-0.2, 0) is 4.79 Å². The van der Waals surface area contributed by atoms with Gasteiger partial charge in [0.05, 0.1) is 5.00 Å². The van der Waals surface area contributed by atoms with Crippen LogP contribution in [-0.4, -0.2) is 63.1 Å². The summed E-state index contributed by atoms with van der Waals surface area (Å²) in [5, 5.41) is 9.92. The lowest BCUT2D eigenvalue weighted by atomic mass is 9.87. The number of hydrogen-bond donors (Lipinski definition) is 2. The molecule has 7 heteroatoms. The van der Waals surface area contributed by atoms with Gasteiger partial charge in [-0.2, -0.15) is 0 Å². The minimum atomic E-state index is 0.197. The molecule has 0 atom stereocenters. The highest BCUT2D eigenvalue weighted by Gasteiger charge is 2.20. The molecule has 1 amide bonds. The van der Waals surface area contributed by atoms with Crippen LogP contribution >= 0.6 is 11.3 Å². The lowest BCUT2D eigenvalue weighted by molar-refractivity contribution is -0.122. The summed E-state index contributed by atoms with van der Waals surface area (Å²) in [4.78, 5) is 21.2. The molecule has 2 aliphatic rings. The van der Waals surface area contributed by atoms with E-state index in [0.29, 0.717) is 25.4 Å². The molecule has 2 fully saturated rings. The third kappa shape index (κ3) is 6.13. The van der Waals surface area contributed by atoms with Crippen LogP contribution in [0.4, 0.5) is 5.00 Å². The van der Waals surface area contributed by atoms with E-state index in [4.69, 9.17) is 0 Å². The SMILES string of the molecule is CN=C(NCCNC(=O)CC1CCCCC1)N1CCN(c2cccs2)CC1. The first-order chi connectivity index (χ1) is 13.3. The first-order valence-corrected chi connectivity index (χ1v) is 11.1. The summed E-state index contributed by atoms with van der Waals surface area (Å²) in [6.45, 7) is 5.32. The number of carbonyl (C=O) groups is 1. The molecule has 0 aromatic carbocycles. The number of aliphatic imine (C=N–C) groups is 1. The van der Waals surface area contributed by atoms with Crippen molar-refractivity contribution in [3.8, 4) is 0 Å². The van der Waals surface area contributed by atoms with Crippen molar-refractivity contribution in [2.45, 2.75) is 38.5 Å². The van der Waals surface area contributed by atoms with Crippen molar-refractivity contribution in [3.05, 3.63) is 17.5 Å². The monoisotopic (exact) mass is 391 g/mol. The maximum Gasteiger partial charge on any atom is 0.220 e. The Morgan fingerprint density at radius 3 is 2.56 bits per heavy atom. The average molecular weight is 392 g/mol. The second-order valence-corrected chi connectivity index (χ2v) is 8.38. The third-order valence-electron chi connectivity index (χ3n) is 5.54. The number of rotatable bonds is 6. The zero-order valence-corrected chi connectivity index (χ0v) is 17.3. The van der Waals surface area contributed by atoms with Crippen LogP contribution in [0.3, 0.4) is 0 Å². The summed E-state index contributed by atoms with van der Waals surface area (Å²) in [7, 11) is 1.83. The van der Waals surface area contributed by atoms with Crippen molar-refractivity contribution in [2.75, 3.05) is 51.2 Å². The van der Waals surface area contributed by atoms with Crippen molar-refractivity contribution in [3.63, 3.8) is 0 Å². The summed E-state index contributed by atoms with van der Waals surface area (Å²) in [5.74, 6) is 1.73. The molecule has 0 bridgehead atoms. The summed E-state index contributed by atoms with van der Waals surface area (Å²) in [6.07, 6.45) is 7.04. The summed E-state index contributed by atoms with van der Waals surface area (Å²) < 4.78 is 0. The van der Waals surface area contributed by atoms with Crippen molar-refractivity contribution >= 4 is 28.2 Å². The smallest absolute Gasteiger partial charge is 0.220 e. The van der Waals surface area contributed by atoms with Gasteiger partial charge >= 0.3 is 0 Å². The fourth-order valence-electron chi connectivity index (χ4n) is 4.02. The number of amides is 1. The molecule has 1 aliphatic heterocycles. The van der Waals surface area contributed by atoms with Gasteiger partial charge in [0.25, 0.3) is 0 Å². The number of piperazine rings is 1. The molecule has 6 nitrogen and oxygen atoms in total. The fourth-order valence-corrected chi connectivity index (χ4v) is 4.81. The van der Waals surface area contributed by atoms with Crippen LogP contribution in [0.25, 0.3) is 0 Å². The molecule has 27 heavy (non-hydrogen) atoms. The quantitative estimate of drug-likeness (QED) is 0.444. The number of nitrogens with one attached hydrogen (secondary N) is 2. The molecule has 1 saturated carbocycles. The first kappa shape index (κ1) is 20.0. The topological polar surface area (TPSA) is 60.0 Å². The number of guanidine groups is 1. The molecule has 1 aromatic heterocycles. The Balaban J connectivity index is 1.32. The zero-order valence-electron chi connectivity index (χ0n) is 16.5. The molecule has 1 aliphatic carbocycles. The molecule has 0 unspecified atom stereocenters. The fraction of sp³-hybridized carbons (Fsp3) is 0.700. The Kier molecular flexibility index (Phi) is 7.80. The maximum atomic E-state index is 12.1. The van der Waals surface area contributed by atoms with Crippen molar-refractivity contribution in [1.29, 1.82) is 0 Å². The minimum absolute atomic E-state index is 0.197. The minimum Gasteiger partial charge on any atom is -0.360 e. The van der Waals surface area contributed by atoms with E-state index < -0.39 is 0 Å². The van der Waals surface area contributed by atoms with Gasteiger partial charge in [0.1, 0.15) is 0 Å². The van der Waals surface area contributed by atoms with Gasteiger partial charge < -0.3 is 20.4 Å². The van der Waals surface area contributed by atoms with E-state index in [9.17, 15) is 4.79 Å². The van der Waals surface area contributed by atoms with Crippen molar-refractivity contribution in [2.24, 2.45) is 10.9 Å². The number of anilines is 1. The van der Waals surface area contributed by atoms with E-state index in [-0.39, 0.29) is 5.91 Å². The van der Waals surface area contributed by atoms with Gasteiger partial charge in [0, 0.05) is 52.7 Å². The first-order valence-electron chi connectivity index (χ1n) is 10.3. The van der Waals surface area contributed by atoms with Gasteiger partial charge in [0.2, 0.25) is 5.91 Å². The lowest BCUT2D eigenvalue weighted by Gasteiger charge is -2.37. The van der Waals surface area contributed by atoms with Gasteiger partial charge in [-0.1, -0.05) is 19.3 Å². The molecular weight excluding hydrogens is 358 g/mol. The maximum absolute atomic E-state index is 12.1. The number of nitrogens with zero attached hydrogens (tertiary/aromatic N) is 3. The lowest BCUT2D eigenvalue weighted by Crippen LogP contribution is -2.53. The molecule has 1 saturated heterocycles. The number of carbonyl (C=O) groups excluding carboxylic acids is 1. The molecule has 0 spiro atoms. The number of hydrogen-bond acceptors (Lipinski definition) is 4. The average Bonchev–Trinajstić information content (AvgIpc) is 3.24. The standard InChI is InChI=1S/C20H33N5OS/c1-21-20(25-13-11-24(12-14-25)19-8-5-15-27-19)23-10-9-22-18(26)16-17-6-3-2-4-7-17/h5,8,15,17H,2-4,6-7,9-14,16H2,1H3,(H,21,23)(H,22,26). The van der Waals surface area contributed by atoms with E-state index in [1.165, 1.54) is 37.1 Å². The Bertz CT molecular complexity index is 590. The van der Waals surface area contributed by atoms with Gasteiger partial charge in [-0.05, 0) is 36.3 Å². The normalized spacial score (nSPS) is 19.2. The van der Waals surface area contributed by atoms with Crippen LogP contribution in [0.2, 0.25) is 0 Å². The Hall–Kier alpha value is -1.76. The van der Waals surface area contributed by atoms with Crippen LogP contribution in [0.5, 0.6) is 0 Å².